The molecular weight excluding hydrogens is 323 g/mol. The van der Waals surface area contributed by atoms with Gasteiger partial charge >= 0.3 is 7.48 Å². The van der Waals surface area contributed by atoms with Gasteiger partial charge in [-0.1, -0.05) is 0 Å². The molecule has 2 rings (SSSR count). The molecule has 1 aromatic heterocycles. The Balaban J connectivity index is 2.52. The number of alkyl halides is 2. The number of rotatable bonds is 4. The first kappa shape index (κ1) is 14.0. The molecular formula is C11H8BBrF2NO3. The Morgan fingerprint density at radius 1 is 1.47 bits per heavy atom. The Labute approximate surface area is 116 Å². The number of oxazole rings is 1. The molecule has 0 atom stereocenters. The minimum absolute atomic E-state index is 0.0126. The lowest BCUT2D eigenvalue weighted by atomic mass is 9.84. The average Bonchev–Trinajstić information content (AvgIpc) is 2.88. The second-order valence-corrected chi connectivity index (χ2v) is 4.43. The lowest BCUT2D eigenvalue weighted by Gasteiger charge is -2.08. The van der Waals surface area contributed by atoms with Crippen LogP contribution in [0.4, 0.5) is 8.78 Å². The molecule has 0 fully saturated rings. The van der Waals surface area contributed by atoms with Crippen LogP contribution in [-0.4, -0.2) is 24.6 Å². The summed E-state index contributed by atoms with van der Waals surface area (Å²) < 4.78 is 35.6. The number of methoxy groups -OCH3 is 1. The molecule has 0 aliphatic heterocycles. The van der Waals surface area contributed by atoms with E-state index in [1.54, 1.807) is 6.07 Å². The number of hydrogen-bond acceptors (Lipinski definition) is 4. The number of aromatic nitrogens is 1. The number of hydrogen-bond donors (Lipinski definition) is 1. The second-order valence-electron chi connectivity index (χ2n) is 3.57. The summed E-state index contributed by atoms with van der Waals surface area (Å²) in [7, 11) is 2.30. The highest BCUT2D eigenvalue weighted by Crippen LogP contribution is 2.30. The lowest BCUT2D eigenvalue weighted by Crippen LogP contribution is -2.17. The molecule has 0 amide bonds. The highest BCUT2D eigenvalue weighted by atomic mass is 79.9. The van der Waals surface area contributed by atoms with Gasteiger partial charge in [0.2, 0.25) is 5.89 Å². The molecule has 19 heavy (non-hydrogen) atoms. The van der Waals surface area contributed by atoms with Gasteiger partial charge in [0.15, 0.2) is 5.76 Å². The Bertz CT molecular complexity index is 591. The SMILES string of the molecule is COc1cc(-c2ncc(C(F)F)o2)c([B]O)cc1Br. The van der Waals surface area contributed by atoms with Crippen molar-refractivity contribution in [2.45, 2.75) is 6.43 Å². The van der Waals surface area contributed by atoms with E-state index in [9.17, 15) is 13.8 Å². The molecule has 8 heteroatoms. The minimum Gasteiger partial charge on any atom is -0.496 e. The van der Waals surface area contributed by atoms with Crippen molar-refractivity contribution in [3.63, 3.8) is 0 Å². The van der Waals surface area contributed by atoms with Crippen LogP contribution in [-0.2, 0) is 0 Å². The van der Waals surface area contributed by atoms with E-state index in [1.807, 2.05) is 0 Å². The number of ether oxygens (including phenoxy) is 1. The van der Waals surface area contributed by atoms with Crippen LogP contribution in [0.25, 0.3) is 11.5 Å². The van der Waals surface area contributed by atoms with E-state index in [-0.39, 0.29) is 5.89 Å². The summed E-state index contributed by atoms with van der Waals surface area (Å²) in [6.07, 6.45) is -1.78. The summed E-state index contributed by atoms with van der Waals surface area (Å²) >= 11 is 3.26. The van der Waals surface area contributed by atoms with Crippen molar-refractivity contribution in [2.75, 3.05) is 7.11 Å². The molecule has 1 radical (unpaired) electrons. The Hall–Kier alpha value is -1.41. The smallest absolute Gasteiger partial charge is 0.327 e. The van der Waals surface area contributed by atoms with Crippen LogP contribution in [0.3, 0.4) is 0 Å². The predicted octanol–water partition coefficient (Wildman–Crippen LogP) is 2.29. The first-order chi connectivity index (χ1) is 9.06. The Kier molecular flexibility index (Phi) is 4.21. The summed E-state index contributed by atoms with van der Waals surface area (Å²) in [6, 6.07) is 3.10. The third-order valence-electron chi connectivity index (χ3n) is 2.43. The maximum atomic E-state index is 12.5. The molecule has 1 aromatic carbocycles. The van der Waals surface area contributed by atoms with E-state index in [2.05, 4.69) is 20.9 Å². The molecule has 1 N–H and O–H groups in total. The van der Waals surface area contributed by atoms with Crippen LogP contribution < -0.4 is 10.2 Å². The summed E-state index contributed by atoms with van der Waals surface area (Å²) in [5.41, 5.74) is 0.727. The zero-order valence-electron chi connectivity index (χ0n) is 9.73. The summed E-state index contributed by atoms with van der Waals surface area (Å²) in [6.45, 7) is 0. The normalized spacial score (nSPS) is 10.8. The van der Waals surface area contributed by atoms with Gasteiger partial charge in [0.25, 0.3) is 6.43 Å². The van der Waals surface area contributed by atoms with E-state index in [0.717, 1.165) is 13.7 Å². The van der Waals surface area contributed by atoms with Crippen molar-refractivity contribution < 1.29 is 23.0 Å². The largest absolute Gasteiger partial charge is 0.496 e. The van der Waals surface area contributed by atoms with E-state index in [4.69, 9.17) is 9.15 Å². The monoisotopic (exact) mass is 330 g/mol. The molecule has 0 bridgehead atoms. The Morgan fingerprint density at radius 3 is 2.74 bits per heavy atom. The second kappa shape index (κ2) is 5.71. The fraction of sp³-hybridized carbons (Fsp3) is 0.182. The Morgan fingerprint density at radius 2 is 2.21 bits per heavy atom. The topological polar surface area (TPSA) is 55.5 Å². The van der Waals surface area contributed by atoms with Crippen molar-refractivity contribution >= 4 is 28.9 Å². The van der Waals surface area contributed by atoms with Crippen LogP contribution in [0.5, 0.6) is 5.75 Å². The number of halogens is 3. The molecule has 4 nitrogen and oxygen atoms in total. The van der Waals surface area contributed by atoms with Gasteiger partial charge in [-0.3, -0.25) is 0 Å². The first-order valence-electron chi connectivity index (χ1n) is 5.16. The zero-order chi connectivity index (χ0) is 14.0. The fourth-order valence-corrected chi connectivity index (χ4v) is 2.05. The van der Waals surface area contributed by atoms with E-state index in [0.29, 0.717) is 21.2 Å². The summed E-state index contributed by atoms with van der Waals surface area (Å²) in [4.78, 5) is 3.77. The van der Waals surface area contributed by atoms with Crippen molar-refractivity contribution in [1.82, 2.24) is 4.98 Å². The molecule has 1 heterocycles. The highest BCUT2D eigenvalue weighted by molar-refractivity contribution is 9.10. The number of benzene rings is 1. The third kappa shape index (κ3) is 2.79. The van der Waals surface area contributed by atoms with Crippen molar-refractivity contribution in [1.29, 1.82) is 0 Å². The summed E-state index contributed by atoms with van der Waals surface area (Å²) in [5, 5.41) is 9.18. The summed E-state index contributed by atoms with van der Waals surface area (Å²) in [5.74, 6) is -0.0698. The third-order valence-corrected chi connectivity index (χ3v) is 3.05. The predicted molar refractivity (Wildman–Crippen MR) is 68.8 cm³/mol. The minimum atomic E-state index is -2.74. The molecule has 0 aliphatic rings. The molecule has 2 aromatic rings. The van der Waals surface area contributed by atoms with Crippen molar-refractivity contribution in [2.24, 2.45) is 0 Å². The average molecular weight is 331 g/mol. The molecule has 99 valence electrons. The molecule has 0 spiro atoms. The van der Waals surface area contributed by atoms with E-state index < -0.39 is 12.2 Å². The van der Waals surface area contributed by atoms with Crippen molar-refractivity contribution in [3.8, 4) is 17.2 Å². The standard InChI is InChI=1S/C11H8BBrF2NO3/c1-18-8-2-5(6(12-17)3-7(8)13)11-16-4-9(19-11)10(14)15/h2-4,10,17H,1H3. The molecule has 0 aliphatic carbocycles. The number of nitrogens with zero attached hydrogens (tertiary/aromatic N) is 1. The van der Waals surface area contributed by atoms with Gasteiger partial charge in [0.1, 0.15) is 5.75 Å². The maximum absolute atomic E-state index is 12.5. The van der Waals surface area contributed by atoms with Crippen LogP contribution >= 0.6 is 15.9 Å². The van der Waals surface area contributed by atoms with E-state index >= 15 is 0 Å². The quantitative estimate of drug-likeness (QED) is 0.874. The molecule has 0 unspecified atom stereocenters. The van der Waals surface area contributed by atoms with Crippen LogP contribution in [0.2, 0.25) is 0 Å². The van der Waals surface area contributed by atoms with Gasteiger partial charge in [0, 0.05) is 5.56 Å². The zero-order valence-corrected chi connectivity index (χ0v) is 11.3. The maximum Gasteiger partial charge on any atom is 0.327 e. The van der Waals surface area contributed by atoms with Gasteiger partial charge in [-0.05, 0) is 33.5 Å². The fourth-order valence-electron chi connectivity index (χ4n) is 1.53. The van der Waals surface area contributed by atoms with Gasteiger partial charge < -0.3 is 14.2 Å². The van der Waals surface area contributed by atoms with E-state index in [1.165, 1.54) is 13.2 Å². The lowest BCUT2D eigenvalue weighted by molar-refractivity contribution is 0.123. The van der Waals surface area contributed by atoms with Gasteiger partial charge in [0.05, 0.1) is 17.8 Å². The van der Waals surface area contributed by atoms with Crippen LogP contribution in [0, 0.1) is 0 Å². The van der Waals surface area contributed by atoms with Crippen LogP contribution in [0.15, 0.2) is 27.2 Å². The highest BCUT2D eigenvalue weighted by Gasteiger charge is 2.18. The van der Waals surface area contributed by atoms with Crippen molar-refractivity contribution in [3.05, 3.63) is 28.6 Å². The molecule has 0 saturated heterocycles. The van der Waals surface area contributed by atoms with Gasteiger partial charge in [-0.15, -0.1) is 0 Å². The van der Waals surface area contributed by atoms with Gasteiger partial charge in [-0.25, -0.2) is 13.8 Å². The van der Waals surface area contributed by atoms with Crippen LogP contribution in [0.1, 0.15) is 12.2 Å². The molecule has 0 saturated carbocycles. The first-order valence-corrected chi connectivity index (χ1v) is 5.95. The van der Waals surface area contributed by atoms with Gasteiger partial charge in [-0.2, -0.15) is 0 Å².